The molecule has 0 aliphatic rings. The van der Waals surface area contributed by atoms with E-state index in [1.807, 2.05) is 0 Å². The first-order valence-corrected chi connectivity index (χ1v) is 7.89. The molecular weight excluding hydrogens is 300 g/mol. The lowest BCUT2D eigenvalue weighted by Crippen LogP contribution is -2.14. The molecule has 0 radical (unpaired) electrons. The molecule has 8 heteroatoms. The highest BCUT2D eigenvalue weighted by molar-refractivity contribution is 7.91. The summed E-state index contributed by atoms with van der Waals surface area (Å²) in [5.41, 5.74) is 0.192. The maximum Gasteiger partial charge on any atom is 0.341 e. The van der Waals surface area contributed by atoms with Crippen LogP contribution in [0.2, 0.25) is 0 Å². The van der Waals surface area contributed by atoms with E-state index in [0.29, 0.717) is 19.4 Å². The molecule has 0 fully saturated rings. The maximum atomic E-state index is 12.6. The van der Waals surface area contributed by atoms with Gasteiger partial charge in [-0.3, -0.25) is 0 Å². The minimum atomic E-state index is -4.60. The smallest absolute Gasteiger partial charge is 0.341 e. The lowest BCUT2D eigenvalue weighted by atomic mass is 10.2. The van der Waals surface area contributed by atoms with E-state index in [2.05, 4.69) is 15.3 Å². The Hall–Kier alpha value is -1.96. The van der Waals surface area contributed by atoms with E-state index in [9.17, 15) is 17.2 Å². The zero-order valence-corrected chi connectivity index (χ0v) is 11.9. The molecule has 2 aromatic rings. The van der Waals surface area contributed by atoms with Crippen LogP contribution in [0.25, 0.3) is 0 Å². The SMILES string of the molecule is O=S(=O)(c1ccccc1NCCCc1ncc[nH]1)C(F)F. The molecule has 0 aliphatic heterocycles. The van der Waals surface area contributed by atoms with Crippen LogP contribution in [0.4, 0.5) is 14.5 Å². The number of anilines is 1. The number of aryl methyl sites for hydroxylation is 1. The van der Waals surface area contributed by atoms with Crippen LogP contribution in [0, 0.1) is 0 Å². The van der Waals surface area contributed by atoms with Crippen molar-refractivity contribution in [3.8, 4) is 0 Å². The number of para-hydroxylation sites is 1. The normalized spacial score (nSPS) is 11.8. The Bertz CT molecular complexity index is 672. The van der Waals surface area contributed by atoms with E-state index >= 15 is 0 Å². The molecule has 21 heavy (non-hydrogen) atoms. The van der Waals surface area contributed by atoms with Gasteiger partial charge in [-0.25, -0.2) is 13.4 Å². The first-order valence-electron chi connectivity index (χ1n) is 6.35. The van der Waals surface area contributed by atoms with E-state index in [1.165, 1.54) is 18.2 Å². The van der Waals surface area contributed by atoms with E-state index in [-0.39, 0.29) is 10.6 Å². The van der Waals surface area contributed by atoms with Crippen LogP contribution in [-0.2, 0) is 16.3 Å². The van der Waals surface area contributed by atoms with Gasteiger partial charge in [0.2, 0.25) is 9.84 Å². The molecule has 2 rings (SSSR count). The summed E-state index contributed by atoms with van der Waals surface area (Å²) in [7, 11) is -4.60. The fraction of sp³-hybridized carbons (Fsp3) is 0.308. The van der Waals surface area contributed by atoms with Crippen molar-refractivity contribution in [2.75, 3.05) is 11.9 Å². The number of hydrogen-bond donors (Lipinski definition) is 2. The molecule has 5 nitrogen and oxygen atoms in total. The number of halogens is 2. The highest BCUT2D eigenvalue weighted by atomic mass is 32.2. The van der Waals surface area contributed by atoms with Crippen LogP contribution >= 0.6 is 0 Å². The lowest BCUT2D eigenvalue weighted by Gasteiger charge is -2.11. The summed E-state index contributed by atoms with van der Waals surface area (Å²) in [6.07, 6.45) is 4.74. The van der Waals surface area contributed by atoms with Gasteiger partial charge >= 0.3 is 5.76 Å². The van der Waals surface area contributed by atoms with Crippen LogP contribution in [0.1, 0.15) is 12.2 Å². The number of nitrogens with one attached hydrogen (secondary N) is 2. The minimum Gasteiger partial charge on any atom is -0.384 e. The number of benzene rings is 1. The quantitative estimate of drug-likeness (QED) is 0.770. The Morgan fingerprint density at radius 2 is 2.05 bits per heavy atom. The molecule has 0 aliphatic carbocycles. The number of aromatic nitrogens is 2. The van der Waals surface area contributed by atoms with Gasteiger partial charge < -0.3 is 10.3 Å². The second kappa shape index (κ2) is 6.66. The molecular formula is C13H15F2N3O2S. The number of nitrogens with zero attached hydrogens (tertiary/aromatic N) is 1. The molecule has 0 unspecified atom stereocenters. The molecule has 0 bridgehead atoms. The van der Waals surface area contributed by atoms with Crippen molar-refractivity contribution < 1.29 is 17.2 Å². The van der Waals surface area contributed by atoms with Gasteiger partial charge in [0.15, 0.2) is 0 Å². The predicted octanol–water partition coefficient (Wildman–Crippen LogP) is 2.45. The summed E-state index contributed by atoms with van der Waals surface area (Å²) in [6.45, 7) is 0.455. The molecule has 2 N–H and O–H groups in total. The number of hydrogen-bond acceptors (Lipinski definition) is 4. The van der Waals surface area contributed by atoms with Gasteiger partial charge in [0.05, 0.1) is 10.6 Å². The van der Waals surface area contributed by atoms with Gasteiger partial charge in [-0.2, -0.15) is 8.78 Å². The van der Waals surface area contributed by atoms with E-state index in [4.69, 9.17) is 0 Å². The standard InChI is InChI=1S/C13H15F2N3O2S/c14-13(15)21(19,20)11-5-2-1-4-10(11)16-7-3-6-12-17-8-9-18-12/h1-2,4-5,8-9,13,16H,3,6-7H2,(H,17,18). The molecule has 0 amide bonds. The van der Waals surface area contributed by atoms with Gasteiger partial charge in [0.1, 0.15) is 5.82 Å². The van der Waals surface area contributed by atoms with E-state index < -0.39 is 15.6 Å². The maximum absolute atomic E-state index is 12.6. The average molecular weight is 315 g/mol. The number of imidazole rings is 1. The molecule has 1 aromatic carbocycles. The average Bonchev–Trinajstić information content (AvgIpc) is 2.97. The Kier molecular flexibility index (Phi) is 4.89. The zero-order valence-electron chi connectivity index (χ0n) is 11.1. The van der Waals surface area contributed by atoms with Crippen molar-refractivity contribution in [2.24, 2.45) is 0 Å². The monoisotopic (exact) mass is 315 g/mol. The fourth-order valence-corrected chi connectivity index (χ4v) is 2.78. The first-order chi connectivity index (χ1) is 10.0. The van der Waals surface area contributed by atoms with Crippen molar-refractivity contribution in [3.63, 3.8) is 0 Å². The van der Waals surface area contributed by atoms with Crippen LogP contribution in [0.5, 0.6) is 0 Å². The predicted molar refractivity (Wildman–Crippen MR) is 75.0 cm³/mol. The Balaban J connectivity index is 2.00. The number of H-pyrrole nitrogens is 1. The number of sulfone groups is 1. The Morgan fingerprint density at radius 3 is 2.71 bits per heavy atom. The van der Waals surface area contributed by atoms with Crippen LogP contribution in [0.15, 0.2) is 41.6 Å². The summed E-state index contributed by atoms with van der Waals surface area (Å²) in [6, 6.07) is 5.67. The van der Waals surface area contributed by atoms with Crippen molar-refractivity contribution in [1.29, 1.82) is 0 Å². The van der Waals surface area contributed by atoms with Crippen molar-refractivity contribution in [2.45, 2.75) is 23.5 Å². The first kappa shape index (κ1) is 15.4. The Morgan fingerprint density at radius 1 is 1.29 bits per heavy atom. The fourth-order valence-electron chi connectivity index (χ4n) is 1.87. The minimum absolute atomic E-state index is 0.192. The van der Waals surface area contributed by atoms with Gasteiger partial charge in [-0.15, -0.1) is 0 Å². The Labute approximate surface area is 121 Å². The zero-order chi connectivity index (χ0) is 15.3. The van der Waals surface area contributed by atoms with Crippen LogP contribution < -0.4 is 5.32 Å². The largest absolute Gasteiger partial charge is 0.384 e. The number of aromatic amines is 1. The molecule has 1 heterocycles. The molecule has 0 saturated carbocycles. The highest BCUT2D eigenvalue weighted by Crippen LogP contribution is 2.25. The molecule has 0 saturated heterocycles. The number of rotatable bonds is 7. The molecule has 1 aromatic heterocycles. The number of alkyl halides is 2. The summed E-state index contributed by atoms with van der Waals surface area (Å²) < 4.78 is 48.4. The third-order valence-corrected chi connectivity index (χ3v) is 4.33. The molecule has 0 spiro atoms. The third kappa shape index (κ3) is 3.78. The molecule has 0 atom stereocenters. The topological polar surface area (TPSA) is 74.8 Å². The lowest BCUT2D eigenvalue weighted by molar-refractivity contribution is 0.235. The van der Waals surface area contributed by atoms with E-state index in [1.54, 1.807) is 18.5 Å². The second-order valence-electron chi connectivity index (χ2n) is 4.37. The second-order valence-corrected chi connectivity index (χ2v) is 6.25. The van der Waals surface area contributed by atoms with Gasteiger partial charge in [-0.05, 0) is 18.6 Å². The van der Waals surface area contributed by atoms with Crippen LogP contribution in [-0.4, -0.2) is 30.7 Å². The summed E-state index contributed by atoms with van der Waals surface area (Å²) in [5.74, 6) is -2.60. The van der Waals surface area contributed by atoms with Gasteiger partial charge in [0, 0.05) is 25.4 Å². The van der Waals surface area contributed by atoms with Crippen molar-refractivity contribution in [1.82, 2.24) is 9.97 Å². The summed E-state index contributed by atoms with van der Waals surface area (Å²) >= 11 is 0. The van der Waals surface area contributed by atoms with E-state index in [0.717, 1.165) is 5.82 Å². The third-order valence-electron chi connectivity index (χ3n) is 2.89. The summed E-state index contributed by atoms with van der Waals surface area (Å²) in [4.78, 5) is 6.64. The van der Waals surface area contributed by atoms with Gasteiger partial charge in [0.25, 0.3) is 0 Å². The van der Waals surface area contributed by atoms with Crippen molar-refractivity contribution >= 4 is 15.5 Å². The van der Waals surface area contributed by atoms with Crippen LogP contribution in [0.3, 0.4) is 0 Å². The van der Waals surface area contributed by atoms with Gasteiger partial charge in [-0.1, -0.05) is 12.1 Å². The summed E-state index contributed by atoms with van der Waals surface area (Å²) in [5, 5.41) is 2.88. The highest BCUT2D eigenvalue weighted by Gasteiger charge is 2.28. The molecule has 114 valence electrons. The van der Waals surface area contributed by atoms with Crippen molar-refractivity contribution in [3.05, 3.63) is 42.5 Å².